The first-order valence-corrected chi connectivity index (χ1v) is 9.25. The van der Waals surface area contributed by atoms with E-state index in [0.717, 1.165) is 6.07 Å². The number of hydrogen-bond acceptors (Lipinski definition) is 7. The zero-order chi connectivity index (χ0) is 20.7. The fraction of sp³-hybridized carbons (Fsp3) is 0.200. The maximum absolute atomic E-state index is 13.7. The van der Waals surface area contributed by atoms with Crippen LogP contribution in [-0.4, -0.2) is 52.1 Å². The van der Waals surface area contributed by atoms with Gasteiger partial charge in [-0.3, -0.25) is 4.79 Å². The van der Waals surface area contributed by atoms with Crippen molar-refractivity contribution in [2.45, 2.75) is 0 Å². The summed E-state index contributed by atoms with van der Waals surface area (Å²) in [6, 6.07) is 6.45. The summed E-state index contributed by atoms with van der Waals surface area (Å²) < 4.78 is 37.9. The van der Waals surface area contributed by atoms with Crippen LogP contribution in [0, 0.1) is 11.6 Å². The van der Waals surface area contributed by atoms with Crippen molar-refractivity contribution < 1.29 is 22.5 Å². The molecule has 0 atom stereocenters. The van der Waals surface area contributed by atoms with Gasteiger partial charge in [-0.15, -0.1) is 0 Å². The van der Waals surface area contributed by atoms with Crippen molar-refractivity contribution in [3.05, 3.63) is 60.3 Å². The van der Waals surface area contributed by atoms with Crippen molar-refractivity contribution in [2.75, 3.05) is 31.1 Å². The van der Waals surface area contributed by atoms with Gasteiger partial charge in [-0.2, -0.15) is 4.98 Å². The predicted octanol–water partition coefficient (Wildman–Crippen LogP) is 3.12. The van der Waals surface area contributed by atoms with Crippen LogP contribution in [0.5, 0.6) is 0 Å². The van der Waals surface area contributed by atoms with Crippen LogP contribution >= 0.6 is 0 Å². The highest BCUT2D eigenvalue weighted by Gasteiger charge is 2.27. The van der Waals surface area contributed by atoms with E-state index in [1.807, 2.05) is 4.90 Å². The van der Waals surface area contributed by atoms with Crippen molar-refractivity contribution in [3.63, 3.8) is 0 Å². The molecule has 0 unspecified atom stereocenters. The molecule has 5 rings (SSSR count). The summed E-state index contributed by atoms with van der Waals surface area (Å²) in [7, 11) is 0. The summed E-state index contributed by atoms with van der Waals surface area (Å²) >= 11 is 0. The first-order chi connectivity index (χ1) is 14.6. The molecule has 0 radical (unpaired) electrons. The Morgan fingerprint density at radius 3 is 2.50 bits per heavy atom. The van der Waals surface area contributed by atoms with Gasteiger partial charge in [0.05, 0.1) is 6.26 Å². The molecule has 0 aliphatic carbocycles. The second-order valence-corrected chi connectivity index (χ2v) is 6.82. The van der Waals surface area contributed by atoms with E-state index in [1.165, 1.54) is 24.7 Å². The van der Waals surface area contributed by atoms with Gasteiger partial charge in [0.1, 0.15) is 34.9 Å². The van der Waals surface area contributed by atoms with Crippen LogP contribution in [-0.2, 0) is 0 Å². The van der Waals surface area contributed by atoms with E-state index in [-0.39, 0.29) is 22.9 Å². The first kappa shape index (κ1) is 18.2. The van der Waals surface area contributed by atoms with Gasteiger partial charge in [0.2, 0.25) is 0 Å². The number of piperazine rings is 1. The Hall–Kier alpha value is -3.82. The van der Waals surface area contributed by atoms with Gasteiger partial charge in [0, 0.05) is 37.8 Å². The molecular formula is C20H15F2N5O3. The molecule has 152 valence electrons. The number of furan rings is 1. The molecule has 30 heavy (non-hydrogen) atoms. The topological polar surface area (TPSA) is 88.5 Å². The number of nitrogens with zero attached hydrogens (tertiary/aromatic N) is 5. The highest BCUT2D eigenvalue weighted by Crippen LogP contribution is 2.34. The van der Waals surface area contributed by atoms with E-state index in [4.69, 9.17) is 8.94 Å². The lowest BCUT2D eigenvalue weighted by Gasteiger charge is -2.35. The predicted molar refractivity (Wildman–Crippen MR) is 102 cm³/mol. The van der Waals surface area contributed by atoms with E-state index >= 15 is 0 Å². The Morgan fingerprint density at radius 1 is 1.03 bits per heavy atom. The number of aromatic nitrogens is 3. The summed E-state index contributed by atoms with van der Waals surface area (Å²) in [5.74, 6) is -0.782. The van der Waals surface area contributed by atoms with Gasteiger partial charge in [0.25, 0.3) is 11.6 Å². The number of halogens is 2. The number of fused-ring (bicyclic) bond motifs is 1. The van der Waals surface area contributed by atoms with E-state index in [1.54, 1.807) is 17.0 Å². The average Bonchev–Trinajstić information content (AvgIpc) is 3.42. The summed E-state index contributed by atoms with van der Waals surface area (Å²) in [5.41, 5.74) is 0.704. The largest absolute Gasteiger partial charge is 0.459 e. The number of benzene rings is 1. The number of carbonyl (C=O) groups is 1. The lowest BCUT2D eigenvalue weighted by atomic mass is 10.1. The van der Waals surface area contributed by atoms with Gasteiger partial charge in [0.15, 0.2) is 5.76 Å². The lowest BCUT2D eigenvalue weighted by molar-refractivity contribution is 0.0714. The van der Waals surface area contributed by atoms with E-state index in [2.05, 4.69) is 15.1 Å². The Morgan fingerprint density at radius 2 is 1.80 bits per heavy atom. The van der Waals surface area contributed by atoms with E-state index < -0.39 is 11.6 Å². The summed E-state index contributed by atoms with van der Waals surface area (Å²) in [4.78, 5) is 24.6. The molecule has 1 aromatic carbocycles. The van der Waals surface area contributed by atoms with Crippen LogP contribution in [0.3, 0.4) is 0 Å². The second-order valence-electron chi connectivity index (χ2n) is 6.82. The molecule has 4 heterocycles. The zero-order valence-electron chi connectivity index (χ0n) is 15.6. The van der Waals surface area contributed by atoms with Crippen molar-refractivity contribution in [1.82, 2.24) is 20.0 Å². The highest BCUT2D eigenvalue weighted by atomic mass is 19.1. The summed E-state index contributed by atoms with van der Waals surface area (Å²) in [5, 5.41) is 4.43. The maximum atomic E-state index is 13.7. The van der Waals surface area contributed by atoms with Crippen molar-refractivity contribution in [2.24, 2.45) is 0 Å². The SMILES string of the molecule is O=C(c1ccco1)N1CCN(c2ncnc3onc(-c4cc(F)cc(F)c4)c23)CC1. The zero-order valence-corrected chi connectivity index (χ0v) is 15.6. The Balaban J connectivity index is 1.45. The number of carbonyl (C=O) groups excluding carboxylic acids is 1. The molecule has 1 saturated heterocycles. The lowest BCUT2D eigenvalue weighted by Crippen LogP contribution is -2.49. The van der Waals surface area contributed by atoms with Crippen molar-refractivity contribution >= 4 is 22.8 Å². The van der Waals surface area contributed by atoms with Gasteiger partial charge >= 0.3 is 0 Å². The van der Waals surface area contributed by atoms with Crippen molar-refractivity contribution in [3.8, 4) is 11.3 Å². The number of amides is 1. The van der Waals surface area contributed by atoms with Crippen LogP contribution in [0.4, 0.5) is 14.6 Å². The van der Waals surface area contributed by atoms with Gasteiger partial charge in [-0.25, -0.2) is 13.8 Å². The van der Waals surface area contributed by atoms with Gasteiger partial charge in [-0.05, 0) is 24.3 Å². The van der Waals surface area contributed by atoms with Crippen LogP contribution in [0.1, 0.15) is 10.6 Å². The van der Waals surface area contributed by atoms with E-state index in [9.17, 15) is 13.6 Å². The van der Waals surface area contributed by atoms with Gasteiger partial charge < -0.3 is 18.7 Å². The molecule has 0 saturated carbocycles. The molecule has 3 aromatic heterocycles. The van der Waals surface area contributed by atoms with Crippen LogP contribution < -0.4 is 4.90 Å². The molecule has 0 bridgehead atoms. The fourth-order valence-corrected chi connectivity index (χ4v) is 3.58. The second kappa shape index (κ2) is 7.21. The normalized spacial score (nSPS) is 14.5. The average molecular weight is 411 g/mol. The highest BCUT2D eigenvalue weighted by molar-refractivity contribution is 5.98. The minimum absolute atomic E-state index is 0.173. The first-order valence-electron chi connectivity index (χ1n) is 9.25. The Bertz CT molecular complexity index is 1200. The Kier molecular flexibility index (Phi) is 4.38. The molecule has 1 aliphatic rings. The third-order valence-corrected chi connectivity index (χ3v) is 4.99. The minimum atomic E-state index is -0.718. The standard InChI is InChI=1S/C20H15F2N5O3/c21-13-8-12(9-14(22)10-13)17-16-18(23-11-24-19(16)30-25-17)26-3-5-27(6-4-26)20(28)15-2-1-7-29-15/h1-2,7-11H,3-6H2. The monoisotopic (exact) mass is 411 g/mol. The third-order valence-electron chi connectivity index (χ3n) is 4.99. The smallest absolute Gasteiger partial charge is 0.289 e. The summed E-state index contributed by atoms with van der Waals surface area (Å²) in [6.07, 6.45) is 2.81. The molecule has 0 N–H and O–H groups in total. The summed E-state index contributed by atoms with van der Waals surface area (Å²) in [6.45, 7) is 1.92. The molecule has 1 amide bonds. The maximum Gasteiger partial charge on any atom is 0.289 e. The molecule has 0 spiro atoms. The minimum Gasteiger partial charge on any atom is -0.459 e. The molecular weight excluding hydrogens is 396 g/mol. The molecule has 1 fully saturated rings. The number of hydrogen-bond donors (Lipinski definition) is 0. The molecule has 8 nitrogen and oxygen atoms in total. The quantitative estimate of drug-likeness (QED) is 0.512. The Labute approximate surface area is 168 Å². The van der Waals surface area contributed by atoms with Gasteiger partial charge in [-0.1, -0.05) is 5.16 Å². The van der Waals surface area contributed by atoms with Crippen LogP contribution in [0.15, 0.2) is 51.9 Å². The van der Waals surface area contributed by atoms with Crippen LogP contribution in [0.25, 0.3) is 22.4 Å². The van der Waals surface area contributed by atoms with Crippen LogP contribution in [0.2, 0.25) is 0 Å². The number of rotatable bonds is 3. The van der Waals surface area contributed by atoms with Crippen molar-refractivity contribution in [1.29, 1.82) is 0 Å². The third kappa shape index (κ3) is 3.15. The fourth-order valence-electron chi connectivity index (χ4n) is 3.58. The number of anilines is 1. The molecule has 4 aromatic rings. The molecule has 1 aliphatic heterocycles. The molecule has 10 heteroatoms. The van der Waals surface area contributed by atoms with E-state index in [0.29, 0.717) is 43.1 Å².